The molecule has 3 aromatic rings. The second-order valence-corrected chi connectivity index (χ2v) is 8.62. The summed E-state index contributed by atoms with van der Waals surface area (Å²) in [5.41, 5.74) is 4.19. The van der Waals surface area contributed by atoms with Gasteiger partial charge in [0.05, 0.1) is 11.1 Å². The summed E-state index contributed by atoms with van der Waals surface area (Å²) in [5.74, 6) is 1.06. The smallest absolute Gasteiger partial charge is 0.410 e. The van der Waals surface area contributed by atoms with E-state index in [2.05, 4.69) is 5.32 Å². The van der Waals surface area contributed by atoms with Crippen LogP contribution in [0, 0.1) is 0 Å². The number of halogens is 1. The Morgan fingerprint density at radius 3 is 2.68 bits per heavy atom. The molecule has 0 spiro atoms. The van der Waals surface area contributed by atoms with Crippen LogP contribution in [-0.4, -0.2) is 36.1 Å². The molecule has 172 valence electrons. The molecular formula is C27H23ClN2O4. The second kappa shape index (κ2) is 9.23. The summed E-state index contributed by atoms with van der Waals surface area (Å²) in [5, 5.41) is 3.32. The van der Waals surface area contributed by atoms with Gasteiger partial charge < -0.3 is 19.7 Å². The average Bonchev–Trinajstić information content (AvgIpc) is 3.35. The Morgan fingerprint density at radius 1 is 1.12 bits per heavy atom. The van der Waals surface area contributed by atoms with Crippen molar-refractivity contribution in [2.24, 2.45) is 0 Å². The summed E-state index contributed by atoms with van der Waals surface area (Å²) in [4.78, 5) is 25.8. The quantitative estimate of drug-likeness (QED) is 0.444. The largest absolute Gasteiger partial charge is 0.456 e. The summed E-state index contributed by atoms with van der Waals surface area (Å²) in [6, 6.07) is 20.8. The fourth-order valence-electron chi connectivity index (χ4n) is 4.28. The van der Waals surface area contributed by atoms with E-state index in [1.807, 2.05) is 67.6 Å². The van der Waals surface area contributed by atoms with Gasteiger partial charge in [-0.2, -0.15) is 0 Å². The van der Waals surface area contributed by atoms with Crippen LogP contribution in [0.15, 0.2) is 66.7 Å². The third-order valence-electron chi connectivity index (χ3n) is 6.01. The molecule has 6 nitrogen and oxygen atoms in total. The van der Waals surface area contributed by atoms with Gasteiger partial charge in [0.2, 0.25) is 0 Å². The maximum atomic E-state index is 12.4. The Morgan fingerprint density at radius 2 is 1.91 bits per heavy atom. The number of carbonyl (C=O) groups excluding carboxylic acids is 2. The molecule has 34 heavy (non-hydrogen) atoms. The molecule has 0 radical (unpaired) electrons. The maximum Gasteiger partial charge on any atom is 0.410 e. The van der Waals surface area contributed by atoms with Crippen molar-refractivity contribution in [1.29, 1.82) is 0 Å². The Kier molecular flexibility index (Phi) is 5.99. The summed E-state index contributed by atoms with van der Waals surface area (Å²) in [6.45, 7) is 2.99. The van der Waals surface area contributed by atoms with Crippen molar-refractivity contribution >= 4 is 40.9 Å². The predicted molar refractivity (Wildman–Crippen MR) is 132 cm³/mol. The molecule has 2 aliphatic rings. The molecule has 0 bridgehead atoms. The van der Waals surface area contributed by atoms with Crippen LogP contribution in [0.1, 0.15) is 23.6 Å². The van der Waals surface area contributed by atoms with E-state index < -0.39 is 0 Å². The molecule has 1 atom stereocenters. The first kappa shape index (κ1) is 22.0. The van der Waals surface area contributed by atoms with Crippen LogP contribution in [0.2, 0.25) is 5.02 Å². The van der Waals surface area contributed by atoms with Crippen molar-refractivity contribution in [3.05, 3.63) is 88.4 Å². The number of carbonyl (C=O) groups is 2. The normalized spacial score (nSPS) is 18.1. The zero-order valence-electron chi connectivity index (χ0n) is 18.6. The van der Waals surface area contributed by atoms with Crippen molar-refractivity contribution in [3.63, 3.8) is 0 Å². The first-order valence-electron chi connectivity index (χ1n) is 11.1. The highest BCUT2D eigenvalue weighted by Gasteiger charge is 2.31. The monoisotopic (exact) mass is 474 g/mol. The van der Waals surface area contributed by atoms with Crippen molar-refractivity contribution in [1.82, 2.24) is 4.90 Å². The lowest BCUT2D eigenvalue weighted by molar-refractivity contribution is -0.110. The van der Waals surface area contributed by atoms with Crippen molar-refractivity contribution in [2.75, 3.05) is 18.5 Å². The molecule has 0 aromatic heterocycles. The number of cyclic esters (lactones) is 1. The number of ether oxygens (including phenoxy) is 2. The molecule has 1 fully saturated rings. The predicted octanol–water partition coefficient (Wildman–Crippen LogP) is 6.01. The van der Waals surface area contributed by atoms with Gasteiger partial charge in [-0.05, 0) is 60.9 Å². The second-order valence-electron chi connectivity index (χ2n) is 8.21. The Bertz CT molecular complexity index is 1290. The molecule has 3 aromatic carbocycles. The van der Waals surface area contributed by atoms with Gasteiger partial charge in [-0.25, -0.2) is 4.79 Å². The number of rotatable bonds is 6. The first-order chi connectivity index (χ1) is 16.5. The average molecular weight is 475 g/mol. The number of amides is 2. The highest BCUT2D eigenvalue weighted by molar-refractivity contribution is 6.35. The molecule has 1 unspecified atom stereocenters. The lowest BCUT2D eigenvalue weighted by Gasteiger charge is -2.19. The van der Waals surface area contributed by atoms with E-state index in [0.717, 1.165) is 28.8 Å². The van der Waals surface area contributed by atoms with Crippen LogP contribution in [0.3, 0.4) is 0 Å². The Balaban J connectivity index is 1.28. The van der Waals surface area contributed by atoms with E-state index in [1.165, 1.54) is 0 Å². The van der Waals surface area contributed by atoms with Crippen molar-refractivity contribution < 1.29 is 19.1 Å². The van der Waals surface area contributed by atoms with Crippen molar-refractivity contribution in [2.45, 2.75) is 19.4 Å². The SMILES string of the molecule is CCN1C(=O)OCC1Cc1ccc(Oc2ccc(/C=C3\C(=O)Nc4ccccc43)cc2Cl)cc1. The minimum Gasteiger partial charge on any atom is -0.456 e. The van der Waals surface area contributed by atoms with Crippen LogP contribution < -0.4 is 10.1 Å². The minimum absolute atomic E-state index is 0.0503. The highest BCUT2D eigenvalue weighted by atomic mass is 35.5. The van der Waals surface area contributed by atoms with Gasteiger partial charge in [0.25, 0.3) is 5.91 Å². The molecule has 2 heterocycles. The molecule has 7 heteroatoms. The van der Waals surface area contributed by atoms with Gasteiger partial charge in [0, 0.05) is 23.4 Å². The van der Waals surface area contributed by atoms with E-state index in [9.17, 15) is 9.59 Å². The van der Waals surface area contributed by atoms with Gasteiger partial charge >= 0.3 is 6.09 Å². The lowest BCUT2D eigenvalue weighted by atomic mass is 10.0. The number of para-hydroxylation sites is 1. The van der Waals surface area contributed by atoms with Crippen molar-refractivity contribution in [3.8, 4) is 11.5 Å². The fraction of sp³-hybridized carbons (Fsp3) is 0.185. The van der Waals surface area contributed by atoms with Gasteiger partial charge in [0.1, 0.15) is 18.1 Å². The molecule has 0 aliphatic carbocycles. The summed E-state index contributed by atoms with van der Waals surface area (Å²) in [6.07, 6.45) is 2.29. The van der Waals surface area contributed by atoms with E-state index in [4.69, 9.17) is 21.1 Å². The summed E-state index contributed by atoms with van der Waals surface area (Å²) in [7, 11) is 0. The number of benzene rings is 3. The minimum atomic E-state index is -0.251. The van der Waals surface area contributed by atoms with E-state index in [0.29, 0.717) is 35.2 Å². The number of nitrogens with zero attached hydrogens (tertiary/aromatic N) is 1. The number of hydrogen-bond acceptors (Lipinski definition) is 4. The van der Waals surface area contributed by atoms with Crippen LogP contribution >= 0.6 is 11.6 Å². The van der Waals surface area contributed by atoms with Gasteiger partial charge in [-0.1, -0.05) is 48.0 Å². The lowest BCUT2D eigenvalue weighted by Crippen LogP contribution is -2.34. The standard InChI is InChI=1S/C27H23ClN2O4/c1-2-30-19(16-33-27(30)32)13-17-7-10-20(11-8-17)34-25-12-9-18(15-23(25)28)14-22-21-5-3-4-6-24(21)29-26(22)31/h3-12,14-15,19H,2,13,16H2,1H3,(H,29,31)/b22-14-. The van der Waals surface area contributed by atoms with E-state index in [-0.39, 0.29) is 18.0 Å². The van der Waals surface area contributed by atoms with Crippen LogP contribution in [0.25, 0.3) is 11.6 Å². The zero-order valence-corrected chi connectivity index (χ0v) is 19.3. The Labute approximate surface area is 202 Å². The maximum absolute atomic E-state index is 12.4. The third-order valence-corrected chi connectivity index (χ3v) is 6.31. The molecule has 2 aliphatic heterocycles. The number of likely N-dealkylation sites (N-methyl/N-ethyl adjacent to an activating group) is 1. The molecule has 0 saturated carbocycles. The van der Waals surface area contributed by atoms with Gasteiger partial charge in [-0.3, -0.25) is 4.79 Å². The van der Waals surface area contributed by atoms with Crippen LogP contribution in [0.4, 0.5) is 10.5 Å². The Hall–Kier alpha value is -3.77. The van der Waals surface area contributed by atoms with E-state index in [1.54, 1.807) is 17.0 Å². The number of anilines is 1. The molecule has 5 rings (SSSR count). The molecule has 2 amide bonds. The van der Waals surface area contributed by atoms with E-state index >= 15 is 0 Å². The summed E-state index contributed by atoms with van der Waals surface area (Å²) >= 11 is 6.49. The topological polar surface area (TPSA) is 67.9 Å². The van der Waals surface area contributed by atoms with Gasteiger partial charge in [0.15, 0.2) is 0 Å². The van der Waals surface area contributed by atoms with Gasteiger partial charge in [-0.15, -0.1) is 0 Å². The molecular weight excluding hydrogens is 452 g/mol. The fourth-order valence-corrected chi connectivity index (χ4v) is 4.50. The molecule has 1 saturated heterocycles. The number of hydrogen-bond donors (Lipinski definition) is 1. The molecule has 1 N–H and O–H groups in total. The number of nitrogens with one attached hydrogen (secondary N) is 1. The van der Waals surface area contributed by atoms with Crippen LogP contribution in [0.5, 0.6) is 11.5 Å². The third kappa shape index (κ3) is 4.37. The summed E-state index contributed by atoms with van der Waals surface area (Å²) < 4.78 is 11.1. The zero-order chi connectivity index (χ0) is 23.7. The highest BCUT2D eigenvalue weighted by Crippen LogP contribution is 2.35. The number of fused-ring (bicyclic) bond motifs is 1. The van der Waals surface area contributed by atoms with Crippen LogP contribution in [-0.2, 0) is 16.0 Å². The first-order valence-corrected chi connectivity index (χ1v) is 11.5.